The summed E-state index contributed by atoms with van der Waals surface area (Å²) >= 11 is 0. The molecule has 0 aliphatic heterocycles. The lowest BCUT2D eigenvalue weighted by Crippen LogP contribution is -2.28. The molecule has 2 aromatic rings. The normalized spacial score (nSPS) is 11.4. The number of ether oxygens (including phenoxy) is 1. The number of halogens is 1. The maximum Gasteiger partial charge on any atom is 0.240 e. The van der Waals surface area contributed by atoms with Crippen LogP contribution in [0.4, 0.5) is 4.39 Å². The van der Waals surface area contributed by atoms with Gasteiger partial charge in [0.1, 0.15) is 18.2 Å². The summed E-state index contributed by atoms with van der Waals surface area (Å²) in [7, 11) is -3.65. The predicted octanol–water partition coefficient (Wildman–Crippen LogP) is 2.80. The maximum absolute atomic E-state index is 12.8. The number of hydrogen-bond acceptors (Lipinski definition) is 3. The van der Waals surface area contributed by atoms with Gasteiger partial charge in [0.05, 0.1) is 4.90 Å². The molecule has 4 nitrogen and oxygen atoms in total. The molecule has 0 radical (unpaired) electrons. The van der Waals surface area contributed by atoms with Gasteiger partial charge in [-0.1, -0.05) is 12.1 Å². The molecular weight excluding hydrogens is 305 g/mol. The second-order valence-electron chi connectivity index (χ2n) is 4.90. The van der Waals surface area contributed by atoms with Crippen molar-refractivity contribution in [2.45, 2.75) is 18.7 Å². The summed E-state index contributed by atoms with van der Waals surface area (Å²) in [5.41, 5.74) is 2.15. The average molecular weight is 323 g/mol. The number of benzene rings is 2. The third kappa shape index (κ3) is 4.05. The van der Waals surface area contributed by atoms with Crippen LogP contribution < -0.4 is 9.46 Å². The zero-order valence-electron chi connectivity index (χ0n) is 12.5. The predicted molar refractivity (Wildman–Crippen MR) is 83.0 cm³/mol. The second kappa shape index (κ2) is 6.89. The van der Waals surface area contributed by atoms with Crippen LogP contribution in [0, 0.1) is 19.7 Å². The molecule has 0 spiro atoms. The van der Waals surface area contributed by atoms with E-state index in [1.165, 1.54) is 12.1 Å². The van der Waals surface area contributed by atoms with Crippen LogP contribution in [0.5, 0.6) is 5.75 Å². The van der Waals surface area contributed by atoms with Gasteiger partial charge < -0.3 is 4.74 Å². The summed E-state index contributed by atoms with van der Waals surface area (Å²) in [4.78, 5) is 0.0284. The van der Waals surface area contributed by atoms with Crippen LogP contribution in [0.3, 0.4) is 0 Å². The molecule has 6 heteroatoms. The van der Waals surface area contributed by atoms with Gasteiger partial charge in [0.15, 0.2) is 0 Å². The number of sulfonamides is 1. The van der Waals surface area contributed by atoms with Crippen LogP contribution in [-0.4, -0.2) is 21.6 Å². The van der Waals surface area contributed by atoms with Gasteiger partial charge in [0.25, 0.3) is 0 Å². The van der Waals surface area contributed by atoms with Crippen molar-refractivity contribution in [2.75, 3.05) is 13.2 Å². The van der Waals surface area contributed by atoms with Gasteiger partial charge in [-0.25, -0.2) is 17.5 Å². The Bertz CT molecular complexity index is 742. The zero-order valence-corrected chi connectivity index (χ0v) is 13.3. The first-order chi connectivity index (χ1) is 10.4. The Hall–Kier alpha value is -1.92. The average Bonchev–Trinajstić information content (AvgIpc) is 2.48. The van der Waals surface area contributed by atoms with Crippen molar-refractivity contribution in [3.05, 3.63) is 59.4 Å². The molecule has 0 heterocycles. The molecule has 2 rings (SSSR count). The first-order valence-electron chi connectivity index (χ1n) is 6.84. The molecule has 22 heavy (non-hydrogen) atoms. The van der Waals surface area contributed by atoms with Gasteiger partial charge in [-0.2, -0.15) is 0 Å². The summed E-state index contributed by atoms with van der Waals surface area (Å²) in [6.45, 7) is 4.28. The molecule has 0 saturated heterocycles. The fourth-order valence-electron chi connectivity index (χ4n) is 1.91. The van der Waals surface area contributed by atoms with Crippen LogP contribution in [0.15, 0.2) is 47.4 Å². The summed E-state index contributed by atoms with van der Waals surface area (Å²) in [5.74, 6) is 0.262. The van der Waals surface area contributed by atoms with E-state index in [0.29, 0.717) is 0 Å². The van der Waals surface area contributed by atoms with Crippen molar-refractivity contribution >= 4 is 10.0 Å². The van der Waals surface area contributed by atoms with E-state index in [0.717, 1.165) is 29.0 Å². The highest BCUT2D eigenvalue weighted by molar-refractivity contribution is 7.89. The molecule has 0 amide bonds. The van der Waals surface area contributed by atoms with E-state index in [1.54, 1.807) is 0 Å². The molecule has 1 N–H and O–H groups in total. The van der Waals surface area contributed by atoms with E-state index >= 15 is 0 Å². The molecule has 2 aromatic carbocycles. The summed E-state index contributed by atoms with van der Waals surface area (Å²) in [6.07, 6.45) is 0. The third-order valence-electron chi connectivity index (χ3n) is 3.33. The lowest BCUT2D eigenvalue weighted by Gasteiger charge is -2.11. The van der Waals surface area contributed by atoms with Gasteiger partial charge in [-0.05, 0) is 55.3 Å². The number of aryl methyl sites for hydroxylation is 1. The Morgan fingerprint density at radius 3 is 2.45 bits per heavy atom. The maximum atomic E-state index is 12.8. The Morgan fingerprint density at radius 1 is 1.09 bits per heavy atom. The quantitative estimate of drug-likeness (QED) is 0.832. The topological polar surface area (TPSA) is 55.4 Å². The molecule has 0 saturated carbocycles. The van der Waals surface area contributed by atoms with Crippen molar-refractivity contribution in [3.63, 3.8) is 0 Å². The molecule has 0 atom stereocenters. The minimum atomic E-state index is -3.65. The van der Waals surface area contributed by atoms with E-state index in [9.17, 15) is 12.8 Å². The molecule has 0 bridgehead atoms. The van der Waals surface area contributed by atoms with Crippen molar-refractivity contribution in [2.24, 2.45) is 0 Å². The third-order valence-corrected chi connectivity index (χ3v) is 4.81. The molecule has 0 unspecified atom stereocenters. The Morgan fingerprint density at radius 2 is 1.77 bits per heavy atom. The monoisotopic (exact) mass is 323 g/mol. The first kappa shape index (κ1) is 16.5. The van der Waals surface area contributed by atoms with E-state index in [1.807, 2.05) is 32.0 Å². The van der Waals surface area contributed by atoms with Crippen LogP contribution in [-0.2, 0) is 10.0 Å². The van der Waals surface area contributed by atoms with Gasteiger partial charge in [0.2, 0.25) is 10.0 Å². The Kier molecular flexibility index (Phi) is 5.15. The second-order valence-corrected chi connectivity index (χ2v) is 6.67. The molecule has 0 aromatic heterocycles. The van der Waals surface area contributed by atoms with Crippen molar-refractivity contribution in [1.82, 2.24) is 4.72 Å². The molecule has 0 aliphatic rings. The Balaban J connectivity index is 1.90. The van der Waals surface area contributed by atoms with Gasteiger partial charge in [-0.3, -0.25) is 0 Å². The summed E-state index contributed by atoms with van der Waals surface area (Å²) < 4.78 is 44.8. The van der Waals surface area contributed by atoms with E-state index < -0.39 is 15.8 Å². The number of rotatable bonds is 6. The Labute approximate surface area is 130 Å². The summed E-state index contributed by atoms with van der Waals surface area (Å²) in [6, 6.07) is 10.4. The smallest absolute Gasteiger partial charge is 0.240 e. The van der Waals surface area contributed by atoms with Crippen LogP contribution in [0.2, 0.25) is 0 Å². The molecule has 0 fully saturated rings. The highest BCUT2D eigenvalue weighted by Gasteiger charge is 2.13. The number of hydrogen-bond donors (Lipinski definition) is 1. The van der Waals surface area contributed by atoms with Crippen molar-refractivity contribution < 1.29 is 17.5 Å². The van der Waals surface area contributed by atoms with E-state index in [-0.39, 0.29) is 18.0 Å². The largest absolute Gasteiger partial charge is 0.492 e. The lowest BCUT2D eigenvalue weighted by molar-refractivity contribution is 0.320. The van der Waals surface area contributed by atoms with E-state index in [2.05, 4.69) is 4.72 Å². The van der Waals surface area contributed by atoms with Crippen LogP contribution >= 0.6 is 0 Å². The lowest BCUT2D eigenvalue weighted by atomic mass is 10.1. The van der Waals surface area contributed by atoms with Crippen molar-refractivity contribution in [1.29, 1.82) is 0 Å². The van der Waals surface area contributed by atoms with E-state index in [4.69, 9.17) is 4.74 Å². The van der Waals surface area contributed by atoms with Crippen LogP contribution in [0.25, 0.3) is 0 Å². The van der Waals surface area contributed by atoms with Crippen LogP contribution in [0.1, 0.15) is 11.1 Å². The fraction of sp³-hybridized carbons (Fsp3) is 0.250. The van der Waals surface area contributed by atoms with Gasteiger partial charge in [0, 0.05) is 6.54 Å². The minimum absolute atomic E-state index is 0.0284. The van der Waals surface area contributed by atoms with Gasteiger partial charge in [-0.15, -0.1) is 0 Å². The first-order valence-corrected chi connectivity index (χ1v) is 8.33. The molecule has 118 valence electrons. The minimum Gasteiger partial charge on any atom is -0.492 e. The highest BCUT2D eigenvalue weighted by Crippen LogP contribution is 2.20. The molecule has 0 aliphatic carbocycles. The summed E-state index contributed by atoms with van der Waals surface area (Å²) in [5, 5.41) is 0. The van der Waals surface area contributed by atoms with Crippen molar-refractivity contribution in [3.8, 4) is 5.75 Å². The highest BCUT2D eigenvalue weighted by atomic mass is 32.2. The number of nitrogens with one attached hydrogen (secondary N) is 1. The zero-order chi connectivity index (χ0) is 16.2. The fourth-order valence-corrected chi connectivity index (χ4v) is 2.93. The van der Waals surface area contributed by atoms with Gasteiger partial charge >= 0.3 is 0 Å². The SMILES string of the molecule is Cc1cccc(OCCNS(=O)(=O)c2ccc(F)cc2)c1C. The standard InChI is InChI=1S/C16H18FNO3S/c1-12-4-3-5-16(13(12)2)21-11-10-18-22(19,20)15-8-6-14(17)7-9-15/h3-9,18H,10-11H2,1-2H3. The molecular formula is C16H18FNO3S.